The van der Waals surface area contributed by atoms with Crippen LogP contribution >= 0.6 is 11.6 Å². The number of nitrogens with zero attached hydrogens (tertiary/aromatic N) is 1. The molecule has 1 aliphatic rings. The number of likely N-dealkylation sites (tertiary alicyclic amines) is 1. The Kier molecular flexibility index (Phi) is 4.48. The molecule has 2 aromatic rings. The molecule has 5 heteroatoms. The van der Waals surface area contributed by atoms with Gasteiger partial charge in [0.25, 0.3) is 5.91 Å². The van der Waals surface area contributed by atoms with E-state index < -0.39 is 5.82 Å². The molecular formula is C17H17ClFNO2. The predicted molar refractivity (Wildman–Crippen MR) is 82.4 cm³/mol. The number of carbonyl (C=O) groups is 1. The molecule has 2 heterocycles. The minimum Gasteiger partial charge on any atom is -0.467 e. The Bertz CT molecular complexity index is 657. The second kappa shape index (κ2) is 6.53. The first-order valence-corrected chi connectivity index (χ1v) is 7.84. The Hall–Kier alpha value is -1.81. The molecule has 3 nitrogen and oxygen atoms in total. The lowest BCUT2D eigenvalue weighted by molar-refractivity contribution is 0.0653. The van der Waals surface area contributed by atoms with Crippen molar-refractivity contribution < 1.29 is 13.6 Å². The van der Waals surface area contributed by atoms with Gasteiger partial charge in [0.15, 0.2) is 0 Å². The minimum atomic E-state index is -0.583. The maximum Gasteiger partial charge on any atom is 0.257 e. The molecule has 1 saturated heterocycles. The summed E-state index contributed by atoms with van der Waals surface area (Å²) in [6, 6.07) is 7.70. The number of halogens is 2. The van der Waals surface area contributed by atoms with Gasteiger partial charge in [-0.1, -0.05) is 24.4 Å². The van der Waals surface area contributed by atoms with Crippen LogP contribution in [0, 0.1) is 5.82 Å². The van der Waals surface area contributed by atoms with E-state index in [-0.39, 0.29) is 22.5 Å². The molecule has 1 amide bonds. The summed E-state index contributed by atoms with van der Waals surface area (Å²) in [6.45, 7) is 0.603. The van der Waals surface area contributed by atoms with E-state index in [1.165, 1.54) is 18.2 Å². The van der Waals surface area contributed by atoms with Gasteiger partial charge in [-0.15, -0.1) is 0 Å². The zero-order chi connectivity index (χ0) is 15.5. The van der Waals surface area contributed by atoms with E-state index in [2.05, 4.69) is 0 Å². The first-order valence-electron chi connectivity index (χ1n) is 7.46. The summed E-state index contributed by atoms with van der Waals surface area (Å²) < 4.78 is 19.6. The van der Waals surface area contributed by atoms with Gasteiger partial charge >= 0.3 is 0 Å². The summed E-state index contributed by atoms with van der Waals surface area (Å²) in [5.74, 6) is -0.137. The highest BCUT2D eigenvalue weighted by Crippen LogP contribution is 2.32. The van der Waals surface area contributed by atoms with Crippen LogP contribution in [0.15, 0.2) is 41.0 Å². The zero-order valence-corrected chi connectivity index (χ0v) is 12.9. The number of benzene rings is 1. The summed E-state index contributed by atoms with van der Waals surface area (Å²) in [5.41, 5.74) is 0.0582. The Labute approximate surface area is 133 Å². The summed E-state index contributed by atoms with van der Waals surface area (Å²) in [7, 11) is 0. The van der Waals surface area contributed by atoms with Gasteiger partial charge in [0.2, 0.25) is 0 Å². The van der Waals surface area contributed by atoms with E-state index in [1.54, 1.807) is 11.2 Å². The highest BCUT2D eigenvalue weighted by molar-refractivity contribution is 6.30. The summed E-state index contributed by atoms with van der Waals surface area (Å²) in [4.78, 5) is 14.5. The van der Waals surface area contributed by atoms with Crippen LogP contribution in [0.25, 0.3) is 0 Å². The topological polar surface area (TPSA) is 33.5 Å². The monoisotopic (exact) mass is 321 g/mol. The molecule has 1 aliphatic heterocycles. The molecular weight excluding hydrogens is 305 g/mol. The van der Waals surface area contributed by atoms with Crippen LogP contribution in [0.1, 0.15) is 47.8 Å². The number of amides is 1. The quantitative estimate of drug-likeness (QED) is 0.793. The van der Waals surface area contributed by atoms with Gasteiger partial charge in [0.1, 0.15) is 11.6 Å². The SMILES string of the molecule is O=C(c1ccc(Cl)cc1F)N1CCCCC[C@@H]1c1ccco1. The fourth-order valence-electron chi connectivity index (χ4n) is 2.95. The molecule has 0 bridgehead atoms. The van der Waals surface area contributed by atoms with E-state index in [0.717, 1.165) is 31.4 Å². The summed E-state index contributed by atoms with van der Waals surface area (Å²) in [6.07, 6.45) is 5.43. The van der Waals surface area contributed by atoms with E-state index in [9.17, 15) is 9.18 Å². The smallest absolute Gasteiger partial charge is 0.257 e. The first kappa shape index (κ1) is 15.1. The average molecular weight is 322 g/mol. The van der Waals surface area contributed by atoms with Crippen molar-refractivity contribution in [2.75, 3.05) is 6.54 Å². The van der Waals surface area contributed by atoms with Gasteiger partial charge in [-0.25, -0.2) is 4.39 Å². The molecule has 0 radical (unpaired) electrons. The lowest BCUT2D eigenvalue weighted by atomic mass is 10.1. The van der Waals surface area contributed by atoms with Gasteiger partial charge in [0.05, 0.1) is 17.9 Å². The lowest BCUT2D eigenvalue weighted by Crippen LogP contribution is -2.35. The third-order valence-corrected chi connectivity index (χ3v) is 4.28. The van der Waals surface area contributed by atoms with Crippen LogP contribution in [-0.4, -0.2) is 17.4 Å². The number of furan rings is 1. The van der Waals surface area contributed by atoms with Gasteiger partial charge in [0, 0.05) is 11.6 Å². The van der Waals surface area contributed by atoms with Crippen molar-refractivity contribution in [2.45, 2.75) is 31.7 Å². The highest BCUT2D eigenvalue weighted by atomic mass is 35.5. The molecule has 1 atom stereocenters. The van der Waals surface area contributed by atoms with Crippen molar-refractivity contribution in [2.24, 2.45) is 0 Å². The summed E-state index contributed by atoms with van der Waals surface area (Å²) in [5, 5.41) is 0.285. The second-order valence-corrected chi connectivity index (χ2v) is 5.94. The first-order chi connectivity index (χ1) is 10.7. The Morgan fingerprint density at radius 2 is 2.14 bits per heavy atom. The third-order valence-electron chi connectivity index (χ3n) is 4.05. The van der Waals surface area contributed by atoms with Crippen LogP contribution in [-0.2, 0) is 0 Å². The molecule has 0 spiro atoms. The molecule has 1 fully saturated rings. The number of hydrogen-bond acceptors (Lipinski definition) is 2. The summed E-state index contributed by atoms with van der Waals surface area (Å²) >= 11 is 5.76. The maximum atomic E-state index is 14.1. The predicted octanol–water partition coefficient (Wildman–Crippen LogP) is 4.83. The standard InChI is InChI=1S/C17H17ClFNO2/c18-12-7-8-13(14(19)11-12)17(21)20-9-3-1-2-5-15(20)16-6-4-10-22-16/h4,6-8,10-11,15H,1-3,5,9H2/t15-/m1/s1. The van der Waals surface area contributed by atoms with Gasteiger partial charge in [-0.3, -0.25) is 4.79 Å². The van der Waals surface area contributed by atoms with Crippen molar-refractivity contribution in [3.8, 4) is 0 Å². The van der Waals surface area contributed by atoms with Gasteiger partial charge < -0.3 is 9.32 Å². The number of hydrogen-bond donors (Lipinski definition) is 0. The fourth-order valence-corrected chi connectivity index (χ4v) is 3.10. The maximum absolute atomic E-state index is 14.1. The van der Waals surface area contributed by atoms with Gasteiger partial charge in [-0.2, -0.15) is 0 Å². The fraction of sp³-hybridized carbons (Fsp3) is 0.353. The van der Waals surface area contributed by atoms with Crippen LogP contribution < -0.4 is 0 Å². The van der Waals surface area contributed by atoms with Crippen molar-refractivity contribution in [1.82, 2.24) is 4.90 Å². The van der Waals surface area contributed by atoms with E-state index in [4.69, 9.17) is 16.0 Å². The normalized spacial score (nSPS) is 19.0. The van der Waals surface area contributed by atoms with Crippen LogP contribution in [0.2, 0.25) is 5.02 Å². The number of carbonyl (C=O) groups excluding carboxylic acids is 1. The number of rotatable bonds is 2. The van der Waals surface area contributed by atoms with Crippen molar-refractivity contribution >= 4 is 17.5 Å². The average Bonchev–Trinajstić information content (AvgIpc) is 2.91. The van der Waals surface area contributed by atoms with Crippen LogP contribution in [0.5, 0.6) is 0 Å². The van der Waals surface area contributed by atoms with E-state index >= 15 is 0 Å². The molecule has 22 heavy (non-hydrogen) atoms. The molecule has 1 aromatic carbocycles. The Morgan fingerprint density at radius 1 is 1.27 bits per heavy atom. The largest absolute Gasteiger partial charge is 0.467 e. The molecule has 0 N–H and O–H groups in total. The van der Waals surface area contributed by atoms with Gasteiger partial charge in [-0.05, 0) is 43.2 Å². The minimum absolute atomic E-state index is 0.0582. The van der Waals surface area contributed by atoms with E-state index in [0.29, 0.717) is 6.54 Å². The molecule has 116 valence electrons. The third kappa shape index (κ3) is 3.02. The van der Waals surface area contributed by atoms with Crippen molar-refractivity contribution in [3.05, 3.63) is 58.8 Å². The molecule has 0 unspecified atom stereocenters. The lowest BCUT2D eigenvalue weighted by Gasteiger charge is -2.29. The van der Waals surface area contributed by atoms with Crippen LogP contribution in [0.4, 0.5) is 4.39 Å². The molecule has 3 rings (SSSR count). The second-order valence-electron chi connectivity index (χ2n) is 5.50. The molecule has 0 saturated carbocycles. The highest BCUT2D eigenvalue weighted by Gasteiger charge is 2.30. The van der Waals surface area contributed by atoms with Crippen molar-refractivity contribution in [1.29, 1.82) is 0 Å². The Morgan fingerprint density at radius 3 is 2.86 bits per heavy atom. The molecule has 1 aromatic heterocycles. The van der Waals surface area contributed by atoms with E-state index in [1.807, 2.05) is 12.1 Å². The molecule has 0 aliphatic carbocycles. The Balaban J connectivity index is 1.93. The van der Waals surface area contributed by atoms with Crippen LogP contribution in [0.3, 0.4) is 0 Å². The zero-order valence-electron chi connectivity index (χ0n) is 12.1. The van der Waals surface area contributed by atoms with Crippen molar-refractivity contribution in [3.63, 3.8) is 0 Å².